The topological polar surface area (TPSA) is 100 Å². The van der Waals surface area contributed by atoms with Gasteiger partial charge < -0.3 is 38.9 Å². The van der Waals surface area contributed by atoms with E-state index >= 15 is 0 Å². The summed E-state index contributed by atoms with van der Waals surface area (Å²) in [5.41, 5.74) is 11.4. The zero-order chi connectivity index (χ0) is 44.5. The Balaban J connectivity index is 1.45. The summed E-state index contributed by atoms with van der Waals surface area (Å²) >= 11 is 0. The molecule has 0 unspecified atom stereocenters. The fourth-order valence-electron chi connectivity index (χ4n) is 8.61. The summed E-state index contributed by atoms with van der Waals surface area (Å²) in [6.45, 7) is 16.5. The van der Waals surface area contributed by atoms with Crippen LogP contribution < -0.4 is 40.3 Å². The van der Waals surface area contributed by atoms with E-state index in [2.05, 4.69) is 172 Å². The molecule has 4 N–H and O–H groups in total. The number of rotatable bonds is 12. The van der Waals surface area contributed by atoms with Crippen molar-refractivity contribution in [3.05, 3.63) is 212 Å². The minimum atomic E-state index is -0.0316. The minimum Gasteiger partial charge on any atom is -0.490 e. The lowest BCUT2D eigenvalue weighted by atomic mass is 10.0. The van der Waals surface area contributed by atoms with Gasteiger partial charge in [-0.3, -0.25) is 0 Å². The first-order chi connectivity index (χ1) is 31.0. The summed E-state index contributed by atoms with van der Waals surface area (Å²) in [7, 11) is 0. The molecule has 0 radical (unpaired) electrons. The first kappa shape index (κ1) is 42.0. The zero-order valence-electron chi connectivity index (χ0n) is 37.8. The molecule has 1 aliphatic rings. The second kappa shape index (κ2) is 17.8. The van der Waals surface area contributed by atoms with Gasteiger partial charge in [0.2, 0.25) is 0 Å². The molecule has 0 saturated heterocycles. The molecule has 4 aromatic carbocycles. The van der Waals surface area contributed by atoms with Crippen LogP contribution in [0.2, 0.25) is 0 Å². The highest BCUT2D eigenvalue weighted by molar-refractivity contribution is 5.87. The molecule has 5 heterocycles. The highest BCUT2D eigenvalue weighted by Gasteiger charge is 2.23. The van der Waals surface area contributed by atoms with Crippen molar-refractivity contribution in [1.29, 1.82) is 0 Å². The molecule has 0 atom stereocenters. The van der Waals surface area contributed by atoms with Gasteiger partial charge >= 0.3 is 0 Å². The zero-order valence-corrected chi connectivity index (χ0v) is 37.8. The van der Waals surface area contributed by atoms with Crippen molar-refractivity contribution < 1.29 is 18.9 Å². The molecule has 0 amide bonds. The number of hydrogen-bond acceptors (Lipinski definition) is 4. The summed E-state index contributed by atoms with van der Waals surface area (Å²) in [6, 6.07) is 50.4. The Hall–Kier alpha value is -7.32. The van der Waals surface area contributed by atoms with E-state index in [4.69, 9.17) is 18.9 Å². The Morgan fingerprint density at radius 1 is 0.266 bits per heavy atom. The number of nitrogens with one attached hydrogen (secondary N) is 4. The van der Waals surface area contributed by atoms with Crippen molar-refractivity contribution in [2.75, 3.05) is 0 Å². The molecule has 0 aliphatic carbocycles. The normalized spacial score (nSPS) is 12.8. The molecule has 8 nitrogen and oxygen atoms in total. The van der Waals surface area contributed by atoms with E-state index in [1.165, 1.54) is 0 Å². The van der Waals surface area contributed by atoms with Crippen LogP contribution >= 0.6 is 0 Å². The maximum absolute atomic E-state index is 6.52. The van der Waals surface area contributed by atoms with E-state index < -0.39 is 0 Å². The van der Waals surface area contributed by atoms with Crippen LogP contribution in [0, 0.1) is 0 Å². The Labute approximate surface area is 374 Å². The first-order valence-corrected chi connectivity index (χ1v) is 22.3. The number of fused-ring (bicyclic) bond motifs is 8. The van der Waals surface area contributed by atoms with Crippen molar-refractivity contribution in [1.82, 2.24) is 19.9 Å². The number of hydrogen-bond donors (Lipinski definition) is 4. The maximum atomic E-state index is 6.52. The number of aromatic nitrogens is 4. The number of aromatic amines is 4. The van der Waals surface area contributed by atoms with Crippen LogP contribution in [0.1, 0.15) is 100 Å². The van der Waals surface area contributed by atoms with Crippen LogP contribution in [0.5, 0.6) is 23.0 Å². The fourth-order valence-corrected chi connectivity index (χ4v) is 8.61. The molecule has 8 aromatic rings. The highest BCUT2D eigenvalue weighted by Crippen LogP contribution is 2.36. The van der Waals surface area contributed by atoms with Crippen LogP contribution in [-0.2, 0) is 0 Å². The van der Waals surface area contributed by atoms with Gasteiger partial charge in [0.05, 0.1) is 24.4 Å². The van der Waals surface area contributed by atoms with Crippen LogP contribution in [0.25, 0.3) is 22.3 Å². The summed E-state index contributed by atoms with van der Waals surface area (Å²) < 4.78 is 26.1. The third-order valence-electron chi connectivity index (χ3n) is 11.0. The second-order valence-electron chi connectivity index (χ2n) is 17.3. The van der Waals surface area contributed by atoms with Crippen molar-refractivity contribution in [2.45, 2.75) is 79.8 Å². The molecule has 0 saturated carbocycles. The molecule has 64 heavy (non-hydrogen) atoms. The highest BCUT2D eigenvalue weighted by atomic mass is 16.5. The smallest absolute Gasteiger partial charge is 0.127 e. The number of H-pyrrole nitrogens is 4. The van der Waals surface area contributed by atoms with Crippen LogP contribution in [0.3, 0.4) is 0 Å². The summed E-state index contributed by atoms with van der Waals surface area (Å²) in [5.74, 6) is 3.17. The van der Waals surface area contributed by atoms with Gasteiger partial charge in [0.15, 0.2) is 0 Å². The molecule has 1 aliphatic heterocycles. The van der Waals surface area contributed by atoms with E-state index in [0.717, 1.165) is 112 Å². The van der Waals surface area contributed by atoms with Crippen molar-refractivity contribution >= 4 is 22.3 Å². The lowest BCUT2D eigenvalue weighted by molar-refractivity contribution is 0.241. The van der Waals surface area contributed by atoms with Gasteiger partial charge in [-0.05, 0) is 128 Å². The number of ether oxygens (including phenoxy) is 4. The van der Waals surface area contributed by atoms with E-state index in [-0.39, 0.29) is 24.4 Å². The van der Waals surface area contributed by atoms with Crippen molar-refractivity contribution in [3.8, 4) is 23.0 Å². The SMILES string of the molecule is CC(C)Oc1ccccc1C1=c2ccc([nH]2)=C(c2ccccc2OC(C)C)c2ccc([nH]2)C(c2ccccc2OC(C)C)=c2ccc([nH]2)=C(c2ccccc2OC(C)C)c2ccc1[nH]2. The van der Waals surface area contributed by atoms with Gasteiger partial charge in [-0.2, -0.15) is 0 Å². The molecule has 9 rings (SSSR count). The molecule has 4 aromatic heterocycles. The summed E-state index contributed by atoms with van der Waals surface area (Å²) in [5, 5.41) is 3.67. The Kier molecular flexibility index (Phi) is 11.7. The van der Waals surface area contributed by atoms with Gasteiger partial charge in [-0.15, -0.1) is 0 Å². The van der Waals surface area contributed by atoms with E-state index in [9.17, 15) is 0 Å². The second-order valence-corrected chi connectivity index (χ2v) is 17.3. The van der Waals surface area contributed by atoms with Gasteiger partial charge in [0.1, 0.15) is 23.0 Å². The average Bonchev–Trinajstić information content (AvgIpc) is 4.11. The monoisotopic (exact) mass is 848 g/mol. The quantitative estimate of drug-likeness (QED) is 0.0985. The third-order valence-corrected chi connectivity index (χ3v) is 11.0. The molecular formula is C56H56N4O4. The minimum absolute atomic E-state index is 0.0316. The lowest BCUT2D eigenvalue weighted by Crippen LogP contribution is -2.20. The van der Waals surface area contributed by atoms with Gasteiger partial charge in [0.25, 0.3) is 0 Å². The molecule has 0 spiro atoms. The van der Waals surface area contributed by atoms with Gasteiger partial charge in [-0.1, -0.05) is 72.8 Å². The van der Waals surface area contributed by atoms with Crippen molar-refractivity contribution in [2.24, 2.45) is 0 Å². The van der Waals surface area contributed by atoms with Gasteiger partial charge in [-0.25, -0.2) is 0 Å². The van der Waals surface area contributed by atoms with Crippen LogP contribution in [0.15, 0.2) is 146 Å². The average molecular weight is 849 g/mol. The summed E-state index contributed by atoms with van der Waals surface area (Å²) in [6.07, 6.45) is -0.126. The molecule has 8 heteroatoms. The number of benzene rings is 4. The van der Waals surface area contributed by atoms with E-state index in [1.54, 1.807) is 0 Å². The first-order valence-electron chi connectivity index (χ1n) is 22.3. The standard InChI is InChI=1S/C56H56N4O4/c1-33(2)61-49-21-13-9-17-37(49)53-41-25-27-43(57-41)54(38-18-10-14-22-50(38)62-34(3)4)45-29-31-47(59-45)56(40-20-12-16-24-52(40)64-36(7)8)48-32-30-46(60-48)55(44-28-26-42(53)58-44)39-19-11-15-23-51(39)63-35(5)6/h9-36,57-60H,1-8H3. The predicted octanol–water partition coefficient (Wildman–Crippen LogP) is 9.45. The Morgan fingerprint density at radius 3 is 0.703 bits per heavy atom. The summed E-state index contributed by atoms with van der Waals surface area (Å²) in [4.78, 5) is 15.7. The molecule has 8 bridgehead atoms. The molecule has 324 valence electrons. The Morgan fingerprint density at radius 2 is 0.484 bits per heavy atom. The van der Waals surface area contributed by atoms with E-state index in [0.29, 0.717) is 0 Å². The lowest BCUT2D eigenvalue weighted by Gasteiger charge is -2.17. The van der Waals surface area contributed by atoms with E-state index in [1.807, 2.05) is 48.5 Å². The largest absolute Gasteiger partial charge is 0.490 e. The Bertz CT molecular complexity index is 2790. The molecular weight excluding hydrogens is 793 g/mol. The molecule has 0 fully saturated rings. The maximum Gasteiger partial charge on any atom is 0.127 e. The van der Waals surface area contributed by atoms with Crippen LogP contribution in [-0.4, -0.2) is 44.4 Å². The van der Waals surface area contributed by atoms with Crippen LogP contribution in [0.4, 0.5) is 0 Å². The van der Waals surface area contributed by atoms with Gasteiger partial charge in [0, 0.05) is 88.7 Å². The number of para-hydroxylation sites is 4. The fraction of sp³-hybridized carbons (Fsp3) is 0.214. The van der Waals surface area contributed by atoms with Crippen molar-refractivity contribution in [3.63, 3.8) is 0 Å². The predicted molar refractivity (Wildman–Crippen MR) is 257 cm³/mol. The third kappa shape index (κ3) is 8.43.